The average Bonchev–Trinajstić information content (AvgIpc) is 3.61. The molecule has 5 atom stereocenters. The molecule has 0 saturated carbocycles. The lowest BCUT2D eigenvalue weighted by Crippen LogP contribution is -2.45. The molecule has 4 aromatic rings. The molecule has 2 bridgehead atoms. The van der Waals surface area contributed by atoms with Gasteiger partial charge in [0.2, 0.25) is 11.7 Å². The minimum atomic E-state index is -3.92. The van der Waals surface area contributed by atoms with Crippen LogP contribution < -0.4 is 15.9 Å². The second-order valence-electron chi connectivity index (χ2n) is 9.31. The Morgan fingerprint density at radius 1 is 1.33 bits per heavy atom. The number of nitrogen functional groups attached to an aromatic ring is 1. The van der Waals surface area contributed by atoms with E-state index >= 15 is 0 Å². The van der Waals surface area contributed by atoms with Gasteiger partial charge in [-0.3, -0.25) is 28.3 Å². The molecule has 0 amide bonds. The number of aromatic amines is 2. The third-order valence-electron chi connectivity index (χ3n) is 6.44. The van der Waals surface area contributed by atoms with Crippen LogP contribution in [0, 0.1) is 0 Å². The van der Waals surface area contributed by atoms with E-state index in [4.69, 9.17) is 45.1 Å². The van der Waals surface area contributed by atoms with Gasteiger partial charge in [0.1, 0.15) is 30.7 Å². The van der Waals surface area contributed by atoms with E-state index in [-0.39, 0.29) is 56.5 Å². The van der Waals surface area contributed by atoms with Crippen molar-refractivity contribution in [1.82, 2.24) is 34.5 Å². The number of hydrogen-bond donors (Lipinski definition) is 5. The van der Waals surface area contributed by atoms with Crippen LogP contribution in [0.3, 0.4) is 0 Å². The first-order chi connectivity index (χ1) is 20.0. The molecule has 42 heavy (non-hydrogen) atoms. The van der Waals surface area contributed by atoms with Gasteiger partial charge in [-0.25, -0.2) is 24.1 Å². The third-order valence-corrected chi connectivity index (χ3v) is 9.68. The van der Waals surface area contributed by atoms with Gasteiger partial charge >= 0.3 is 19.2 Å². The van der Waals surface area contributed by atoms with E-state index in [0.29, 0.717) is 22.8 Å². The predicted octanol–water partition coefficient (Wildman–Crippen LogP) is 0.598. The minimum absolute atomic E-state index is 0.0871. The summed E-state index contributed by atoms with van der Waals surface area (Å²) in [6, 6.07) is 0. The van der Waals surface area contributed by atoms with Crippen LogP contribution in [-0.2, 0) is 63.7 Å². The van der Waals surface area contributed by atoms with Crippen molar-refractivity contribution >= 4 is 65.8 Å². The highest BCUT2D eigenvalue weighted by molar-refractivity contribution is 8.44. The molecule has 226 valence electrons. The maximum absolute atomic E-state index is 13.0. The van der Waals surface area contributed by atoms with Crippen molar-refractivity contribution in [3.63, 3.8) is 0 Å². The molecule has 22 heteroatoms. The first kappa shape index (κ1) is 29.7. The fraction of sp³-hybridized carbons (Fsp3) is 0.500. The van der Waals surface area contributed by atoms with E-state index < -0.39 is 37.5 Å². The van der Waals surface area contributed by atoms with Crippen molar-refractivity contribution in [2.75, 3.05) is 26.1 Å². The minimum Gasteiger partial charge on any atom is -0.377 e. The van der Waals surface area contributed by atoms with Crippen molar-refractivity contribution < 1.29 is 41.6 Å². The Bertz CT molecular complexity index is 1800. The number of aromatic nitrogens is 8. The molecule has 1 saturated heterocycles. The van der Waals surface area contributed by atoms with E-state index in [2.05, 4.69) is 42.2 Å². The Morgan fingerprint density at radius 2 is 2.17 bits per heavy atom. The van der Waals surface area contributed by atoms with Gasteiger partial charge in [-0.05, 0) is 11.8 Å². The zero-order chi connectivity index (χ0) is 29.6. The molecule has 6 rings (SSSR count). The zero-order valence-electron chi connectivity index (χ0n) is 21.9. The Labute approximate surface area is 246 Å². The van der Waals surface area contributed by atoms with Gasteiger partial charge in [0, 0.05) is 20.1 Å². The van der Waals surface area contributed by atoms with Crippen LogP contribution in [0.5, 0.6) is 0 Å². The lowest BCUT2D eigenvalue weighted by molar-refractivity contribution is -0.744. The summed E-state index contributed by atoms with van der Waals surface area (Å²) in [6.45, 7) is -7.98. The largest absolute Gasteiger partial charge is 0.386 e. The second kappa shape index (κ2) is 11.6. The summed E-state index contributed by atoms with van der Waals surface area (Å²) in [7, 11) is 1.52. The van der Waals surface area contributed by atoms with Crippen LogP contribution in [0.1, 0.15) is 24.3 Å². The number of nitrogens with one attached hydrogen (secondary N) is 2. The van der Waals surface area contributed by atoms with Crippen molar-refractivity contribution in [3.8, 4) is 0 Å². The highest BCUT2D eigenvalue weighted by atomic mass is 32.7. The highest BCUT2D eigenvalue weighted by Gasteiger charge is 2.45. The summed E-state index contributed by atoms with van der Waals surface area (Å²) in [6.07, 6.45) is 0.536. The smallest absolute Gasteiger partial charge is 0.377 e. The molecule has 4 aromatic heterocycles. The average molecular weight is 663 g/mol. The van der Waals surface area contributed by atoms with E-state index in [9.17, 15) is 14.3 Å². The fourth-order valence-electron chi connectivity index (χ4n) is 4.70. The summed E-state index contributed by atoms with van der Waals surface area (Å²) < 4.78 is 50.1. The standard InChI is InChI=1S/C20H25N9O9P2S2/c1-33-7-13-22-5-11-16(25-13)28-2-3-34-39(31,41)35-6-10-4-12(38-40(32,42)36-8-14(28)24-11)19(37-10)29-9-23-15-17(29)26-20(21)27-18(15)30/h5,9-10,12,19H,2-4,6-8H2,1H3,(H5,21,26,27,30,31,32,41,42)/p+1. The number of thiol groups is 1. The number of rotatable bonds is 3. The molecular weight excluding hydrogens is 636 g/mol. The summed E-state index contributed by atoms with van der Waals surface area (Å²) >= 11 is 9.46. The lowest BCUT2D eigenvalue weighted by Gasteiger charge is -2.22. The van der Waals surface area contributed by atoms with Crippen molar-refractivity contribution in [2.45, 2.75) is 44.6 Å². The van der Waals surface area contributed by atoms with E-state index in [0.717, 1.165) is 0 Å². The molecule has 0 aliphatic carbocycles. The first-order valence-electron chi connectivity index (χ1n) is 12.4. The molecule has 2 aliphatic heterocycles. The fourth-order valence-corrected chi connectivity index (χ4v) is 7.24. The van der Waals surface area contributed by atoms with Gasteiger partial charge in [-0.1, -0.05) is 17.2 Å². The number of imidazole rings is 2. The molecule has 18 nitrogen and oxygen atoms in total. The number of anilines is 1. The van der Waals surface area contributed by atoms with Crippen LogP contribution in [0.4, 0.5) is 5.95 Å². The van der Waals surface area contributed by atoms with Gasteiger partial charge in [-0.15, -0.1) is 0 Å². The number of H-pyrrole nitrogens is 2. The SMILES string of the molecule is COCc1ncc2nc3n(c2n1)CCOP(=O)(S)OCC1CC(OP(O)(=S)OC3)C([n+]2c[nH]c3c(=O)[nH]c(N)nc32)O1. The van der Waals surface area contributed by atoms with Gasteiger partial charge in [0.05, 0.1) is 25.5 Å². The van der Waals surface area contributed by atoms with E-state index in [1.54, 1.807) is 4.57 Å². The molecule has 0 spiro atoms. The number of methoxy groups -OCH3 is 1. The molecule has 1 fully saturated rings. The second-order valence-corrected chi connectivity index (χ2v) is 15.0. The molecular formula is C20H26N9O9P2S2+. The number of nitrogens with two attached hydrogens (primary N) is 1. The normalized spacial score (nSPS) is 29.4. The third kappa shape index (κ3) is 6.15. The van der Waals surface area contributed by atoms with Gasteiger partial charge < -0.3 is 29.2 Å². The van der Waals surface area contributed by atoms with E-state index in [1.165, 1.54) is 24.2 Å². The highest BCUT2D eigenvalue weighted by Crippen LogP contribution is 2.54. The quantitative estimate of drug-likeness (QED) is 0.115. The molecule has 6 heterocycles. The van der Waals surface area contributed by atoms with Crippen LogP contribution in [0.25, 0.3) is 22.3 Å². The summed E-state index contributed by atoms with van der Waals surface area (Å²) in [5.41, 5.74) is 6.45. The summed E-state index contributed by atoms with van der Waals surface area (Å²) in [5, 5.41) is 0. The van der Waals surface area contributed by atoms with Crippen molar-refractivity contribution in [1.29, 1.82) is 0 Å². The zero-order valence-corrected chi connectivity index (χ0v) is 25.4. The monoisotopic (exact) mass is 662 g/mol. The van der Waals surface area contributed by atoms with Crippen molar-refractivity contribution in [3.05, 3.63) is 34.5 Å². The number of fused-ring (bicyclic) bond motifs is 6. The van der Waals surface area contributed by atoms with Crippen LogP contribution in [-0.4, -0.2) is 71.9 Å². The van der Waals surface area contributed by atoms with Gasteiger partial charge in [0.15, 0.2) is 17.8 Å². The lowest BCUT2D eigenvalue weighted by atomic mass is 10.2. The number of nitrogens with zero attached hydrogens (tertiary/aromatic N) is 6. The Kier molecular flexibility index (Phi) is 8.22. The maximum Gasteiger partial charge on any atom is 0.386 e. The Balaban J connectivity index is 1.34. The maximum atomic E-state index is 13.0. The van der Waals surface area contributed by atoms with Crippen LogP contribution in [0.2, 0.25) is 0 Å². The van der Waals surface area contributed by atoms with E-state index in [1.807, 2.05) is 0 Å². The molecule has 5 N–H and O–H groups in total. The Morgan fingerprint density at radius 3 is 2.98 bits per heavy atom. The van der Waals surface area contributed by atoms with Crippen LogP contribution >= 0.6 is 25.8 Å². The molecule has 0 aromatic carbocycles. The number of ether oxygens (including phenoxy) is 2. The Hall–Kier alpha value is -2.35. The number of hydrogen-bond acceptors (Lipinski definition) is 14. The topological polar surface area (TPSA) is 228 Å². The predicted molar refractivity (Wildman–Crippen MR) is 151 cm³/mol. The first-order valence-corrected chi connectivity index (χ1v) is 17.7. The van der Waals surface area contributed by atoms with Crippen molar-refractivity contribution in [2.24, 2.45) is 0 Å². The summed E-state index contributed by atoms with van der Waals surface area (Å²) in [4.78, 5) is 46.1. The van der Waals surface area contributed by atoms with Gasteiger partial charge in [-0.2, -0.15) is 0 Å². The molecule has 2 aliphatic rings. The van der Waals surface area contributed by atoms with Gasteiger partial charge in [0.25, 0.3) is 11.5 Å². The van der Waals surface area contributed by atoms with Crippen LogP contribution in [0.15, 0.2) is 17.3 Å². The summed E-state index contributed by atoms with van der Waals surface area (Å²) in [5.74, 6) is 0.631. The molecule has 5 unspecified atom stereocenters. The molecule has 0 radical (unpaired) electrons.